The minimum atomic E-state index is -1.73. The molecule has 1 amide bonds. The number of ketones is 1. The summed E-state index contributed by atoms with van der Waals surface area (Å²) in [6, 6.07) is -1.73. The Bertz CT molecular complexity index is 979. The molecule has 4 rings (SSSR count). The van der Waals surface area contributed by atoms with Gasteiger partial charge in [0.2, 0.25) is 5.91 Å². The van der Waals surface area contributed by atoms with Gasteiger partial charge in [-0.3, -0.25) is 24.1 Å². The number of rotatable bonds is 9. The third-order valence-electron chi connectivity index (χ3n) is 10.8. The molecule has 37 heavy (non-hydrogen) atoms. The molecule has 9 atom stereocenters. The van der Waals surface area contributed by atoms with Crippen LogP contribution in [0.3, 0.4) is 0 Å². The van der Waals surface area contributed by atoms with Crippen LogP contribution in [0, 0.1) is 40.4 Å². The molecular weight excluding hydrogens is 476 g/mol. The SMILES string of the molecule is CC[C@H]1CC[C@H]2[C@@H]3CC=C4CC(O)C(C(=O)C(C(N)=O)N(CC(=O)O)CC(=O)O)C[C@]4(C)[C@H]3CC[C@]12C. The van der Waals surface area contributed by atoms with Crippen LogP contribution in [0.5, 0.6) is 0 Å². The Morgan fingerprint density at radius 1 is 1.08 bits per heavy atom. The van der Waals surface area contributed by atoms with Gasteiger partial charge < -0.3 is 21.1 Å². The molecule has 0 spiro atoms. The summed E-state index contributed by atoms with van der Waals surface area (Å²) in [7, 11) is 0. The Morgan fingerprint density at radius 2 is 1.73 bits per heavy atom. The molecule has 0 aliphatic heterocycles. The largest absolute Gasteiger partial charge is 0.480 e. The van der Waals surface area contributed by atoms with E-state index in [1.165, 1.54) is 24.8 Å². The first kappa shape index (κ1) is 27.8. The number of carbonyl (C=O) groups is 4. The lowest BCUT2D eigenvalue weighted by Crippen LogP contribution is -2.58. The second-order valence-electron chi connectivity index (χ2n) is 12.5. The fourth-order valence-corrected chi connectivity index (χ4v) is 9.07. The van der Waals surface area contributed by atoms with Crippen molar-refractivity contribution < 1.29 is 34.5 Å². The maximum Gasteiger partial charge on any atom is 0.317 e. The zero-order valence-corrected chi connectivity index (χ0v) is 22.2. The highest BCUT2D eigenvalue weighted by atomic mass is 16.4. The lowest BCUT2D eigenvalue weighted by Gasteiger charge is -2.59. The number of fused-ring (bicyclic) bond motifs is 5. The summed E-state index contributed by atoms with van der Waals surface area (Å²) in [6.45, 7) is 5.30. The maximum absolute atomic E-state index is 13.7. The normalized spacial score (nSPS) is 39.6. The molecule has 4 aliphatic carbocycles. The predicted octanol–water partition coefficient (Wildman–Crippen LogP) is 2.46. The molecule has 9 heteroatoms. The number of nitrogens with two attached hydrogens (primary N) is 1. The van der Waals surface area contributed by atoms with Gasteiger partial charge in [-0.1, -0.05) is 38.8 Å². The van der Waals surface area contributed by atoms with Gasteiger partial charge in [-0.15, -0.1) is 0 Å². The maximum atomic E-state index is 13.7. The number of carbonyl (C=O) groups excluding carboxylic acids is 2. The zero-order valence-electron chi connectivity index (χ0n) is 22.2. The summed E-state index contributed by atoms with van der Waals surface area (Å²) in [6.07, 6.45) is 8.79. The highest BCUT2D eigenvalue weighted by molar-refractivity contribution is 6.06. The molecule has 9 nitrogen and oxygen atoms in total. The van der Waals surface area contributed by atoms with Crippen LogP contribution in [0.1, 0.15) is 72.1 Å². The van der Waals surface area contributed by atoms with Gasteiger partial charge in [0.1, 0.15) is 6.04 Å². The summed E-state index contributed by atoms with van der Waals surface area (Å²) in [5, 5.41) is 29.6. The van der Waals surface area contributed by atoms with E-state index in [9.17, 15) is 34.5 Å². The van der Waals surface area contributed by atoms with Crippen molar-refractivity contribution in [2.45, 2.75) is 84.3 Å². The van der Waals surface area contributed by atoms with Gasteiger partial charge in [-0.05, 0) is 79.4 Å². The number of amides is 1. The van der Waals surface area contributed by atoms with E-state index in [1.807, 2.05) is 0 Å². The fraction of sp³-hybridized carbons (Fsp3) is 0.786. The zero-order chi connectivity index (χ0) is 27.3. The number of nitrogens with zero attached hydrogens (tertiary/aromatic N) is 1. The standard InChI is InChI=1S/C28H42N2O7/c1-4-15-6-8-19-17-7-5-16-11-21(31)18(12-28(16,3)20(17)9-10-27(15,19)2)25(36)24(26(29)37)30(13-22(32)33)14-23(34)35/h5,15,17-21,24,31H,4,6-14H2,1-3H3,(H2,29,37)(H,32,33)(H,34,35)/t15-,17-,18?,19-,20-,21?,24?,27+,28-/m0/s1. The smallest absolute Gasteiger partial charge is 0.317 e. The molecule has 0 radical (unpaired) electrons. The Balaban J connectivity index is 1.62. The average molecular weight is 519 g/mol. The van der Waals surface area contributed by atoms with Crippen LogP contribution < -0.4 is 5.73 Å². The van der Waals surface area contributed by atoms with Crippen molar-refractivity contribution in [1.82, 2.24) is 4.90 Å². The third-order valence-corrected chi connectivity index (χ3v) is 10.8. The number of carboxylic acids is 2. The third kappa shape index (κ3) is 4.73. The molecule has 206 valence electrons. The molecule has 5 N–H and O–H groups in total. The average Bonchev–Trinajstić information content (AvgIpc) is 3.14. The molecular formula is C28H42N2O7. The van der Waals surface area contributed by atoms with Crippen LogP contribution in [0.4, 0.5) is 0 Å². The Labute approximate surface area is 218 Å². The first-order valence-electron chi connectivity index (χ1n) is 13.7. The van der Waals surface area contributed by atoms with E-state index < -0.39 is 54.8 Å². The monoisotopic (exact) mass is 518 g/mol. The van der Waals surface area contributed by atoms with Gasteiger partial charge in [0.15, 0.2) is 5.78 Å². The van der Waals surface area contributed by atoms with Gasteiger partial charge in [0.05, 0.1) is 19.2 Å². The lowest BCUT2D eigenvalue weighted by atomic mass is 9.46. The summed E-state index contributed by atoms with van der Waals surface area (Å²) >= 11 is 0. The van der Waals surface area contributed by atoms with E-state index in [0.717, 1.165) is 30.1 Å². The van der Waals surface area contributed by atoms with Gasteiger partial charge in [-0.2, -0.15) is 0 Å². The summed E-state index contributed by atoms with van der Waals surface area (Å²) in [4.78, 5) is 49.7. The molecule has 4 aliphatic rings. The van der Waals surface area contributed by atoms with Crippen LogP contribution in [0.2, 0.25) is 0 Å². The van der Waals surface area contributed by atoms with Crippen LogP contribution in [-0.4, -0.2) is 69.1 Å². The van der Waals surface area contributed by atoms with Crippen LogP contribution in [0.15, 0.2) is 11.6 Å². The number of allylic oxidation sites excluding steroid dienone is 1. The fourth-order valence-electron chi connectivity index (χ4n) is 9.07. The molecule has 0 aromatic heterocycles. The quantitative estimate of drug-likeness (QED) is 0.268. The van der Waals surface area contributed by atoms with Crippen molar-refractivity contribution in [3.63, 3.8) is 0 Å². The van der Waals surface area contributed by atoms with Crippen LogP contribution >= 0.6 is 0 Å². The molecule has 0 saturated heterocycles. The van der Waals surface area contributed by atoms with Gasteiger partial charge in [0.25, 0.3) is 0 Å². The first-order valence-corrected chi connectivity index (χ1v) is 13.7. The van der Waals surface area contributed by atoms with E-state index >= 15 is 0 Å². The molecule has 0 aromatic carbocycles. The van der Waals surface area contributed by atoms with Crippen LogP contribution in [-0.2, 0) is 19.2 Å². The number of aliphatic hydroxyl groups is 1. The molecule has 3 fully saturated rings. The second kappa shape index (κ2) is 10.1. The predicted molar refractivity (Wildman–Crippen MR) is 135 cm³/mol. The van der Waals surface area contributed by atoms with Crippen molar-refractivity contribution in [2.75, 3.05) is 13.1 Å². The highest BCUT2D eigenvalue weighted by Gasteiger charge is 2.60. The number of primary amides is 1. The molecule has 0 aromatic rings. The van der Waals surface area contributed by atoms with E-state index in [1.54, 1.807) is 0 Å². The molecule has 3 saturated carbocycles. The van der Waals surface area contributed by atoms with Crippen molar-refractivity contribution in [3.05, 3.63) is 11.6 Å². The van der Waals surface area contributed by atoms with Gasteiger partial charge >= 0.3 is 11.9 Å². The van der Waals surface area contributed by atoms with Crippen molar-refractivity contribution in [3.8, 4) is 0 Å². The summed E-state index contributed by atoms with van der Waals surface area (Å²) in [5.41, 5.74) is 6.72. The minimum absolute atomic E-state index is 0.318. The van der Waals surface area contributed by atoms with E-state index in [4.69, 9.17) is 5.73 Å². The minimum Gasteiger partial charge on any atom is -0.480 e. The van der Waals surface area contributed by atoms with E-state index in [-0.39, 0.29) is 5.41 Å². The molecule has 3 unspecified atom stereocenters. The number of hydrogen-bond donors (Lipinski definition) is 4. The molecule has 0 heterocycles. The van der Waals surface area contributed by atoms with Crippen molar-refractivity contribution in [2.24, 2.45) is 46.2 Å². The van der Waals surface area contributed by atoms with Crippen molar-refractivity contribution >= 4 is 23.6 Å². The highest BCUT2D eigenvalue weighted by Crippen LogP contribution is 2.67. The van der Waals surface area contributed by atoms with E-state index in [2.05, 4.69) is 26.8 Å². The first-order chi connectivity index (χ1) is 17.3. The second-order valence-corrected chi connectivity index (χ2v) is 12.5. The number of Topliss-reactive ketones (excluding diaryl/α,β-unsaturated/α-hetero) is 1. The number of carboxylic acid groups (broad SMARTS) is 2. The van der Waals surface area contributed by atoms with Gasteiger partial charge in [-0.25, -0.2) is 0 Å². The number of aliphatic carboxylic acids is 2. The molecule has 0 bridgehead atoms. The van der Waals surface area contributed by atoms with Crippen LogP contribution in [0.25, 0.3) is 0 Å². The lowest BCUT2D eigenvalue weighted by molar-refractivity contribution is -0.148. The van der Waals surface area contributed by atoms with E-state index in [0.29, 0.717) is 36.0 Å². The number of hydrogen-bond acceptors (Lipinski definition) is 6. The Hall–Kier alpha value is -2.26. The summed E-state index contributed by atoms with van der Waals surface area (Å²) < 4.78 is 0. The Kier molecular flexibility index (Phi) is 7.60. The Morgan fingerprint density at radius 3 is 2.30 bits per heavy atom. The topological polar surface area (TPSA) is 158 Å². The van der Waals surface area contributed by atoms with Gasteiger partial charge in [0, 0.05) is 5.92 Å². The van der Waals surface area contributed by atoms with Crippen molar-refractivity contribution in [1.29, 1.82) is 0 Å². The number of aliphatic hydroxyl groups excluding tert-OH is 1. The summed E-state index contributed by atoms with van der Waals surface area (Å²) in [5.74, 6) is -3.20.